The Bertz CT molecular complexity index is 670. The molecule has 1 heterocycles. The monoisotopic (exact) mass is 317 g/mol. The minimum atomic E-state index is -3.60. The fraction of sp³-hybridized carbons (Fsp3) is 0.250. The summed E-state index contributed by atoms with van der Waals surface area (Å²) in [4.78, 5) is 0.0426. The van der Waals surface area contributed by atoms with Crippen LogP contribution in [0.15, 0.2) is 41.6 Å². The summed E-state index contributed by atoms with van der Waals surface area (Å²) in [5.74, 6) is -0.473. The van der Waals surface area contributed by atoms with Gasteiger partial charge in [0.25, 0.3) is 0 Å². The van der Waals surface area contributed by atoms with E-state index in [0.29, 0.717) is 18.0 Å². The Morgan fingerprint density at radius 3 is 2.60 bits per heavy atom. The molecule has 1 aromatic carbocycles. The number of aromatic nitrogens is 2. The standard InChI is InChI=1S/C12H13ClFN3O2S/c13-10-8-15-17(9-10)7-1-6-16-20(18,19)12-4-2-11(14)3-5-12/h2-5,8-9,16H,1,6-7H2. The lowest BCUT2D eigenvalue weighted by atomic mass is 10.4. The van der Waals surface area contributed by atoms with Crippen LogP contribution in [-0.2, 0) is 16.6 Å². The molecule has 0 aliphatic carbocycles. The quantitative estimate of drug-likeness (QED) is 0.829. The van der Waals surface area contributed by atoms with Crippen molar-refractivity contribution >= 4 is 21.6 Å². The van der Waals surface area contributed by atoms with Gasteiger partial charge < -0.3 is 0 Å². The van der Waals surface area contributed by atoms with E-state index in [0.717, 1.165) is 12.1 Å². The van der Waals surface area contributed by atoms with Crippen LogP contribution >= 0.6 is 11.6 Å². The largest absolute Gasteiger partial charge is 0.271 e. The Kier molecular flexibility index (Phi) is 4.74. The molecule has 0 fully saturated rings. The van der Waals surface area contributed by atoms with Crippen molar-refractivity contribution in [1.29, 1.82) is 0 Å². The maximum atomic E-state index is 12.7. The number of benzene rings is 1. The predicted octanol–water partition coefficient (Wildman–Crippen LogP) is 2.04. The van der Waals surface area contributed by atoms with Gasteiger partial charge in [0, 0.05) is 19.3 Å². The Morgan fingerprint density at radius 1 is 1.30 bits per heavy atom. The average Bonchev–Trinajstić information content (AvgIpc) is 2.81. The van der Waals surface area contributed by atoms with E-state index >= 15 is 0 Å². The molecule has 108 valence electrons. The lowest BCUT2D eigenvalue weighted by molar-refractivity contribution is 0.552. The average molecular weight is 318 g/mol. The molecule has 1 aromatic heterocycles. The second kappa shape index (κ2) is 6.34. The molecule has 2 rings (SSSR count). The van der Waals surface area contributed by atoms with Gasteiger partial charge in [-0.05, 0) is 30.7 Å². The van der Waals surface area contributed by atoms with Gasteiger partial charge in [0.1, 0.15) is 5.82 Å². The molecular formula is C12H13ClFN3O2S. The van der Waals surface area contributed by atoms with E-state index in [4.69, 9.17) is 11.6 Å². The molecule has 0 aliphatic heterocycles. The molecule has 0 bridgehead atoms. The lowest BCUT2D eigenvalue weighted by Gasteiger charge is -2.06. The van der Waals surface area contributed by atoms with Crippen LogP contribution in [0.1, 0.15) is 6.42 Å². The first-order valence-corrected chi connectivity index (χ1v) is 7.77. The number of aryl methyl sites for hydroxylation is 1. The van der Waals surface area contributed by atoms with Gasteiger partial charge in [-0.3, -0.25) is 4.68 Å². The molecule has 0 saturated carbocycles. The fourth-order valence-corrected chi connectivity index (χ4v) is 2.84. The topological polar surface area (TPSA) is 64.0 Å². The second-order valence-electron chi connectivity index (χ2n) is 4.13. The number of hydrogen-bond donors (Lipinski definition) is 1. The molecule has 5 nitrogen and oxygen atoms in total. The summed E-state index contributed by atoms with van der Waals surface area (Å²) in [5.41, 5.74) is 0. The minimum Gasteiger partial charge on any atom is -0.271 e. The van der Waals surface area contributed by atoms with Crippen molar-refractivity contribution in [3.63, 3.8) is 0 Å². The normalized spacial score (nSPS) is 11.7. The van der Waals surface area contributed by atoms with Crippen LogP contribution in [0.3, 0.4) is 0 Å². The van der Waals surface area contributed by atoms with Crippen LogP contribution in [0.2, 0.25) is 5.02 Å². The number of rotatable bonds is 6. The minimum absolute atomic E-state index is 0.0426. The molecule has 20 heavy (non-hydrogen) atoms. The number of sulfonamides is 1. The van der Waals surface area contributed by atoms with Crippen molar-refractivity contribution in [2.24, 2.45) is 0 Å². The highest BCUT2D eigenvalue weighted by atomic mass is 35.5. The first-order valence-electron chi connectivity index (χ1n) is 5.90. The molecule has 0 aliphatic rings. The number of nitrogens with one attached hydrogen (secondary N) is 1. The van der Waals surface area contributed by atoms with Crippen molar-refractivity contribution in [2.45, 2.75) is 17.9 Å². The van der Waals surface area contributed by atoms with E-state index in [1.165, 1.54) is 18.3 Å². The Labute approximate surface area is 121 Å². The van der Waals surface area contributed by atoms with Gasteiger partial charge in [-0.25, -0.2) is 17.5 Å². The summed E-state index contributed by atoms with van der Waals surface area (Å²) in [6.07, 6.45) is 3.75. The third kappa shape index (κ3) is 4.03. The third-order valence-corrected chi connectivity index (χ3v) is 4.25. The van der Waals surface area contributed by atoms with Gasteiger partial charge in [0.15, 0.2) is 0 Å². The summed E-state index contributed by atoms with van der Waals surface area (Å²) < 4.78 is 40.6. The van der Waals surface area contributed by atoms with Crippen molar-refractivity contribution in [2.75, 3.05) is 6.54 Å². The van der Waals surface area contributed by atoms with Crippen LogP contribution in [-0.4, -0.2) is 24.7 Å². The van der Waals surface area contributed by atoms with Crippen LogP contribution in [0, 0.1) is 5.82 Å². The zero-order valence-electron chi connectivity index (χ0n) is 10.5. The zero-order chi connectivity index (χ0) is 14.6. The highest BCUT2D eigenvalue weighted by Gasteiger charge is 2.12. The maximum absolute atomic E-state index is 12.7. The molecular weight excluding hydrogens is 305 g/mol. The highest BCUT2D eigenvalue weighted by Crippen LogP contribution is 2.09. The molecule has 0 unspecified atom stereocenters. The third-order valence-electron chi connectivity index (χ3n) is 2.58. The summed E-state index contributed by atoms with van der Waals surface area (Å²) in [5, 5.41) is 4.52. The molecule has 8 heteroatoms. The zero-order valence-corrected chi connectivity index (χ0v) is 12.0. The first-order chi connectivity index (χ1) is 9.47. The Hall–Kier alpha value is -1.44. The van der Waals surface area contributed by atoms with E-state index in [-0.39, 0.29) is 11.4 Å². The van der Waals surface area contributed by atoms with Gasteiger partial charge >= 0.3 is 0 Å². The first kappa shape index (κ1) is 15.0. The van der Waals surface area contributed by atoms with Crippen LogP contribution in [0.5, 0.6) is 0 Å². The van der Waals surface area contributed by atoms with E-state index in [2.05, 4.69) is 9.82 Å². The van der Waals surface area contributed by atoms with Crippen molar-refractivity contribution in [1.82, 2.24) is 14.5 Å². The van der Waals surface area contributed by atoms with Crippen molar-refractivity contribution in [3.8, 4) is 0 Å². The maximum Gasteiger partial charge on any atom is 0.240 e. The molecule has 2 aromatic rings. The molecule has 0 spiro atoms. The van der Waals surface area contributed by atoms with Gasteiger partial charge in [0.05, 0.1) is 16.1 Å². The van der Waals surface area contributed by atoms with Crippen molar-refractivity contribution < 1.29 is 12.8 Å². The van der Waals surface area contributed by atoms with Gasteiger partial charge in [0.2, 0.25) is 10.0 Å². The lowest BCUT2D eigenvalue weighted by Crippen LogP contribution is -2.25. The van der Waals surface area contributed by atoms with Crippen LogP contribution in [0.25, 0.3) is 0 Å². The summed E-state index contributed by atoms with van der Waals surface area (Å²) in [6, 6.07) is 4.68. The number of nitrogens with zero attached hydrogens (tertiary/aromatic N) is 2. The van der Waals surface area contributed by atoms with E-state index in [1.807, 2.05) is 0 Å². The molecule has 1 N–H and O–H groups in total. The van der Waals surface area contributed by atoms with E-state index in [1.54, 1.807) is 10.9 Å². The highest BCUT2D eigenvalue weighted by molar-refractivity contribution is 7.89. The van der Waals surface area contributed by atoms with Crippen LogP contribution in [0.4, 0.5) is 4.39 Å². The van der Waals surface area contributed by atoms with Crippen LogP contribution < -0.4 is 4.72 Å². The Morgan fingerprint density at radius 2 is 2.00 bits per heavy atom. The molecule has 0 saturated heterocycles. The Balaban J connectivity index is 1.85. The molecule has 0 atom stereocenters. The summed E-state index contributed by atoms with van der Waals surface area (Å²) in [7, 11) is -3.60. The SMILES string of the molecule is O=S(=O)(NCCCn1cc(Cl)cn1)c1ccc(F)cc1. The summed E-state index contributed by atoms with van der Waals surface area (Å²) >= 11 is 5.71. The number of halogens is 2. The van der Waals surface area contributed by atoms with Gasteiger partial charge in [-0.1, -0.05) is 11.6 Å². The van der Waals surface area contributed by atoms with Gasteiger partial charge in [-0.15, -0.1) is 0 Å². The molecule has 0 radical (unpaired) electrons. The molecule has 0 amide bonds. The van der Waals surface area contributed by atoms with E-state index in [9.17, 15) is 12.8 Å². The van der Waals surface area contributed by atoms with Gasteiger partial charge in [-0.2, -0.15) is 5.10 Å². The number of hydrogen-bond acceptors (Lipinski definition) is 3. The van der Waals surface area contributed by atoms with E-state index < -0.39 is 15.8 Å². The second-order valence-corrected chi connectivity index (χ2v) is 6.33. The van der Waals surface area contributed by atoms with Crippen molar-refractivity contribution in [3.05, 3.63) is 47.5 Å². The fourth-order valence-electron chi connectivity index (χ4n) is 1.61. The predicted molar refractivity (Wildman–Crippen MR) is 73.4 cm³/mol. The smallest absolute Gasteiger partial charge is 0.240 e. The summed E-state index contributed by atoms with van der Waals surface area (Å²) in [6.45, 7) is 0.815.